The summed E-state index contributed by atoms with van der Waals surface area (Å²) in [5, 5.41) is 0. The average Bonchev–Trinajstić information content (AvgIpc) is 2.60. The maximum atomic E-state index is 3.62. The van der Waals surface area contributed by atoms with Crippen molar-refractivity contribution >= 4 is 6.08 Å². The Bertz CT molecular complexity index is 444. The molecular formula is C23H34. The largest absolute Gasteiger partial charge is 0.121 e. The lowest BCUT2D eigenvalue weighted by molar-refractivity contribution is 0.548. The molecule has 0 saturated heterocycles. The molecule has 1 saturated carbocycles. The second-order valence-electron chi connectivity index (χ2n) is 7.05. The zero-order valence-electron chi connectivity index (χ0n) is 14.9. The lowest BCUT2D eigenvalue weighted by Gasteiger charge is -2.05. The highest BCUT2D eigenvalue weighted by atomic mass is 14.1. The van der Waals surface area contributed by atoms with Gasteiger partial charge in [0.1, 0.15) is 0 Å². The average molecular weight is 311 g/mol. The van der Waals surface area contributed by atoms with E-state index in [-0.39, 0.29) is 0 Å². The summed E-state index contributed by atoms with van der Waals surface area (Å²) < 4.78 is 0. The van der Waals surface area contributed by atoms with Crippen molar-refractivity contribution in [3.8, 4) is 0 Å². The Labute approximate surface area is 143 Å². The lowest BCUT2D eigenvalue weighted by atomic mass is 10.0. The fourth-order valence-electron chi connectivity index (χ4n) is 3.45. The molecule has 1 aromatic carbocycles. The van der Waals surface area contributed by atoms with Crippen LogP contribution in [0.25, 0.3) is 6.08 Å². The van der Waals surface area contributed by atoms with Crippen LogP contribution < -0.4 is 0 Å². The fourth-order valence-corrected chi connectivity index (χ4v) is 3.45. The lowest BCUT2D eigenvalue weighted by Crippen LogP contribution is -1.86. The van der Waals surface area contributed by atoms with Gasteiger partial charge in [-0.3, -0.25) is 0 Å². The van der Waals surface area contributed by atoms with E-state index in [1.165, 1.54) is 95.5 Å². The second-order valence-corrected chi connectivity index (χ2v) is 7.05. The first-order valence-corrected chi connectivity index (χ1v) is 9.95. The van der Waals surface area contributed by atoms with Crippen molar-refractivity contribution in [2.24, 2.45) is 0 Å². The molecule has 0 atom stereocenters. The molecule has 1 aliphatic carbocycles. The number of hydrogen-bond donors (Lipinski definition) is 0. The van der Waals surface area contributed by atoms with E-state index in [2.05, 4.69) is 42.1 Å². The molecule has 0 N–H and O–H groups in total. The van der Waals surface area contributed by atoms with Crippen molar-refractivity contribution in [3.63, 3.8) is 0 Å². The predicted octanol–water partition coefficient (Wildman–Crippen LogP) is 7.70. The summed E-state index contributed by atoms with van der Waals surface area (Å²) in [7, 11) is 0. The summed E-state index contributed by atoms with van der Waals surface area (Å²) in [4.78, 5) is 0. The van der Waals surface area contributed by atoms with Gasteiger partial charge >= 0.3 is 0 Å². The van der Waals surface area contributed by atoms with Crippen LogP contribution in [0, 0.1) is 0 Å². The van der Waals surface area contributed by atoms with Gasteiger partial charge in [0.2, 0.25) is 0 Å². The Kier molecular flexibility index (Phi) is 9.59. The normalized spacial score (nSPS) is 19.2. The van der Waals surface area contributed by atoms with Gasteiger partial charge in [-0.1, -0.05) is 94.5 Å². The van der Waals surface area contributed by atoms with Gasteiger partial charge in [-0.2, -0.15) is 0 Å². The van der Waals surface area contributed by atoms with Crippen LogP contribution >= 0.6 is 0 Å². The quantitative estimate of drug-likeness (QED) is 0.466. The maximum absolute atomic E-state index is 3.62. The molecule has 0 heteroatoms. The zero-order valence-corrected chi connectivity index (χ0v) is 14.9. The van der Waals surface area contributed by atoms with Crippen LogP contribution in [0.5, 0.6) is 0 Å². The van der Waals surface area contributed by atoms with Crippen molar-refractivity contribution in [3.05, 3.63) is 47.2 Å². The van der Waals surface area contributed by atoms with Crippen LogP contribution in [0.4, 0.5) is 0 Å². The molecule has 0 unspecified atom stereocenters. The second kappa shape index (κ2) is 12.2. The SMILES string of the molecule is C(=Cc1ccccc1)=C1CCCCCCCCCCCCCC1. The van der Waals surface area contributed by atoms with Crippen LogP contribution in [-0.4, -0.2) is 0 Å². The molecule has 0 radical (unpaired) electrons. The molecule has 1 fully saturated rings. The summed E-state index contributed by atoms with van der Waals surface area (Å²) in [5.41, 5.74) is 6.44. The first-order chi connectivity index (χ1) is 11.4. The Hall–Kier alpha value is -1.26. The summed E-state index contributed by atoms with van der Waals surface area (Å²) >= 11 is 0. The van der Waals surface area contributed by atoms with Crippen molar-refractivity contribution < 1.29 is 0 Å². The third-order valence-corrected chi connectivity index (χ3v) is 4.95. The molecule has 23 heavy (non-hydrogen) atoms. The van der Waals surface area contributed by atoms with Gasteiger partial charge in [-0.15, -0.1) is 5.73 Å². The van der Waals surface area contributed by atoms with E-state index in [4.69, 9.17) is 0 Å². The van der Waals surface area contributed by atoms with E-state index >= 15 is 0 Å². The molecule has 0 heterocycles. The zero-order chi connectivity index (χ0) is 16.0. The Morgan fingerprint density at radius 3 is 1.48 bits per heavy atom. The Balaban J connectivity index is 1.90. The molecule has 0 bridgehead atoms. The molecule has 1 aliphatic rings. The minimum Gasteiger partial charge on any atom is -0.121 e. The molecular weight excluding hydrogens is 276 g/mol. The monoisotopic (exact) mass is 310 g/mol. The highest BCUT2D eigenvalue weighted by molar-refractivity contribution is 5.48. The van der Waals surface area contributed by atoms with Crippen molar-refractivity contribution in [1.29, 1.82) is 0 Å². The topological polar surface area (TPSA) is 0 Å². The van der Waals surface area contributed by atoms with E-state index < -0.39 is 0 Å². The summed E-state index contributed by atoms with van der Waals surface area (Å²) in [6.07, 6.45) is 21.8. The molecule has 0 amide bonds. The van der Waals surface area contributed by atoms with Crippen molar-refractivity contribution in [1.82, 2.24) is 0 Å². The van der Waals surface area contributed by atoms with E-state index in [1.54, 1.807) is 5.57 Å². The van der Waals surface area contributed by atoms with E-state index in [0.717, 1.165) is 0 Å². The van der Waals surface area contributed by atoms with E-state index in [0.29, 0.717) is 0 Å². The van der Waals surface area contributed by atoms with Gasteiger partial charge < -0.3 is 0 Å². The third-order valence-electron chi connectivity index (χ3n) is 4.95. The minimum atomic E-state index is 1.25. The number of hydrogen-bond acceptors (Lipinski definition) is 0. The smallest absolute Gasteiger partial charge is 0.0128 e. The van der Waals surface area contributed by atoms with Gasteiger partial charge in [0.05, 0.1) is 0 Å². The first kappa shape index (κ1) is 18.1. The predicted molar refractivity (Wildman–Crippen MR) is 103 cm³/mol. The standard InChI is InChI=1S/C23H34/c1-2-4-6-8-10-13-17-22(16-12-9-7-5-3-1)20-21-23-18-14-11-15-19-23/h11,14-15,18-19,21H,1-10,12-13,16-17H2. The fraction of sp³-hybridized carbons (Fsp3) is 0.609. The van der Waals surface area contributed by atoms with Crippen LogP contribution in [0.15, 0.2) is 41.6 Å². The minimum absolute atomic E-state index is 1.25. The van der Waals surface area contributed by atoms with E-state index in [1.807, 2.05) is 0 Å². The van der Waals surface area contributed by atoms with Crippen molar-refractivity contribution in [2.75, 3.05) is 0 Å². The number of benzene rings is 1. The number of allylic oxidation sites excluding steroid dienone is 1. The molecule has 0 spiro atoms. The number of rotatable bonds is 1. The third kappa shape index (κ3) is 8.82. The van der Waals surface area contributed by atoms with Gasteiger partial charge in [0.25, 0.3) is 0 Å². The Morgan fingerprint density at radius 2 is 1.00 bits per heavy atom. The highest BCUT2D eigenvalue weighted by Gasteiger charge is 2.00. The molecule has 0 nitrogen and oxygen atoms in total. The molecule has 2 rings (SSSR count). The Morgan fingerprint density at radius 1 is 0.565 bits per heavy atom. The van der Waals surface area contributed by atoms with Gasteiger partial charge in [0.15, 0.2) is 0 Å². The summed E-state index contributed by atoms with van der Waals surface area (Å²) in [6, 6.07) is 10.6. The first-order valence-electron chi connectivity index (χ1n) is 9.95. The summed E-state index contributed by atoms with van der Waals surface area (Å²) in [6.45, 7) is 0. The van der Waals surface area contributed by atoms with Crippen LogP contribution in [0.1, 0.15) is 95.5 Å². The van der Waals surface area contributed by atoms with Gasteiger partial charge in [-0.25, -0.2) is 0 Å². The molecule has 1 aromatic rings. The van der Waals surface area contributed by atoms with Crippen LogP contribution in [0.2, 0.25) is 0 Å². The van der Waals surface area contributed by atoms with Crippen LogP contribution in [0.3, 0.4) is 0 Å². The van der Waals surface area contributed by atoms with Gasteiger partial charge in [-0.05, 0) is 42.9 Å². The summed E-state index contributed by atoms with van der Waals surface area (Å²) in [5.74, 6) is 0. The molecule has 0 aliphatic heterocycles. The van der Waals surface area contributed by atoms with Crippen molar-refractivity contribution in [2.45, 2.75) is 89.9 Å². The highest BCUT2D eigenvalue weighted by Crippen LogP contribution is 2.19. The molecule has 0 aromatic heterocycles. The van der Waals surface area contributed by atoms with Gasteiger partial charge in [0, 0.05) is 0 Å². The van der Waals surface area contributed by atoms with Crippen LogP contribution in [-0.2, 0) is 0 Å². The molecule has 126 valence electrons. The maximum Gasteiger partial charge on any atom is -0.0128 e. The van der Waals surface area contributed by atoms with E-state index in [9.17, 15) is 0 Å².